The SMILES string of the molecule is CN(C)c1nc(N[C@H]2CC[C@@H](CNCCc3ccc(Br)cc3OC(F)(F)F)CC2)nc2ccccc12. The van der Waals surface area contributed by atoms with Crippen LogP contribution in [0.2, 0.25) is 0 Å². The van der Waals surface area contributed by atoms with E-state index in [1.807, 2.05) is 43.3 Å². The molecule has 0 amide bonds. The molecule has 4 rings (SSSR count). The van der Waals surface area contributed by atoms with Crippen LogP contribution in [0.4, 0.5) is 24.9 Å². The number of fused-ring (bicyclic) bond motifs is 1. The highest BCUT2D eigenvalue weighted by Gasteiger charge is 2.32. The predicted octanol–water partition coefficient (Wildman–Crippen LogP) is 6.16. The van der Waals surface area contributed by atoms with Crippen molar-refractivity contribution >= 4 is 38.6 Å². The van der Waals surface area contributed by atoms with E-state index in [9.17, 15) is 13.2 Å². The van der Waals surface area contributed by atoms with Crippen molar-refractivity contribution in [3.05, 3.63) is 52.5 Å². The van der Waals surface area contributed by atoms with Gasteiger partial charge in [0.05, 0.1) is 5.52 Å². The van der Waals surface area contributed by atoms with Gasteiger partial charge in [0.15, 0.2) is 0 Å². The first kappa shape index (κ1) is 26.5. The second kappa shape index (κ2) is 11.6. The first-order valence-corrected chi connectivity index (χ1v) is 12.9. The van der Waals surface area contributed by atoms with Crippen molar-refractivity contribution in [3.8, 4) is 5.75 Å². The molecular formula is C26H31BrF3N5O. The summed E-state index contributed by atoms with van der Waals surface area (Å²) >= 11 is 3.21. The van der Waals surface area contributed by atoms with E-state index in [0.29, 0.717) is 40.9 Å². The van der Waals surface area contributed by atoms with Crippen LogP contribution < -0.4 is 20.3 Å². The molecule has 1 saturated carbocycles. The minimum Gasteiger partial charge on any atom is -0.405 e. The minimum atomic E-state index is -4.71. The molecule has 0 spiro atoms. The van der Waals surface area contributed by atoms with Gasteiger partial charge in [0, 0.05) is 30.0 Å². The lowest BCUT2D eigenvalue weighted by molar-refractivity contribution is -0.274. The molecule has 1 heterocycles. The average molecular weight is 566 g/mol. The quantitative estimate of drug-likeness (QED) is 0.303. The third kappa shape index (κ3) is 7.22. The standard InChI is InChI=1S/C26H31BrF3N5O/c1-35(2)24-21-5-3-4-6-22(21)33-25(34-24)32-20-11-7-17(8-12-20)16-31-14-13-18-9-10-19(27)15-23(18)36-26(28,29)30/h3-6,9-10,15,17,20,31H,7-8,11-14,16H2,1-2H3,(H,32,33,34)/t17-,20+. The summed E-state index contributed by atoms with van der Waals surface area (Å²) in [5, 5.41) is 7.97. The van der Waals surface area contributed by atoms with Crippen LogP contribution in [0, 0.1) is 5.92 Å². The van der Waals surface area contributed by atoms with Crippen LogP contribution in [0.1, 0.15) is 31.2 Å². The fraction of sp³-hybridized carbons (Fsp3) is 0.462. The predicted molar refractivity (Wildman–Crippen MR) is 141 cm³/mol. The smallest absolute Gasteiger partial charge is 0.405 e. The molecule has 1 fully saturated rings. The number of halogens is 4. The van der Waals surface area contributed by atoms with Crippen molar-refractivity contribution < 1.29 is 17.9 Å². The molecule has 0 bridgehead atoms. The molecule has 1 aromatic heterocycles. The Kier molecular flexibility index (Phi) is 8.56. The molecule has 0 unspecified atom stereocenters. The van der Waals surface area contributed by atoms with Gasteiger partial charge in [0.1, 0.15) is 11.6 Å². The van der Waals surface area contributed by atoms with Gasteiger partial charge >= 0.3 is 6.36 Å². The summed E-state index contributed by atoms with van der Waals surface area (Å²) in [7, 11) is 3.97. The van der Waals surface area contributed by atoms with Crippen LogP contribution >= 0.6 is 15.9 Å². The summed E-state index contributed by atoms with van der Waals surface area (Å²) in [6.45, 7) is 1.43. The molecule has 0 atom stereocenters. The van der Waals surface area contributed by atoms with E-state index in [-0.39, 0.29) is 5.75 Å². The van der Waals surface area contributed by atoms with Crippen LogP contribution in [0.5, 0.6) is 5.75 Å². The Hall–Kier alpha value is -2.59. The van der Waals surface area contributed by atoms with Crippen molar-refractivity contribution in [1.29, 1.82) is 0 Å². The Morgan fingerprint density at radius 3 is 2.53 bits per heavy atom. The molecular weight excluding hydrogens is 535 g/mol. The summed E-state index contributed by atoms with van der Waals surface area (Å²) in [5.41, 5.74) is 1.45. The van der Waals surface area contributed by atoms with Crippen molar-refractivity contribution in [1.82, 2.24) is 15.3 Å². The first-order chi connectivity index (χ1) is 17.2. The molecule has 2 N–H and O–H groups in total. The highest BCUT2D eigenvalue weighted by Crippen LogP contribution is 2.30. The van der Waals surface area contributed by atoms with Crippen LogP contribution in [-0.2, 0) is 6.42 Å². The third-order valence-electron chi connectivity index (χ3n) is 6.45. The first-order valence-electron chi connectivity index (χ1n) is 12.1. The molecule has 2 aromatic carbocycles. The summed E-state index contributed by atoms with van der Waals surface area (Å²) in [5.74, 6) is 1.94. The fourth-order valence-electron chi connectivity index (χ4n) is 4.64. The van der Waals surface area contributed by atoms with Crippen molar-refractivity contribution in [2.45, 2.75) is 44.5 Å². The second-order valence-corrected chi connectivity index (χ2v) is 10.3. The minimum absolute atomic E-state index is 0.154. The zero-order valence-corrected chi connectivity index (χ0v) is 22.0. The number of anilines is 2. The Balaban J connectivity index is 1.24. The number of nitrogens with zero attached hydrogens (tertiary/aromatic N) is 3. The Bertz CT molecular complexity index is 1170. The van der Waals surface area contributed by atoms with E-state index in [0.717, 1.165) is 48.9 Å². The number of aromatic nitrogens is 2. The van der Waals surface area contributed by atoms with Gasteiger partial charge in [-0.05, 0) is 80.9 Å². The van der Waals surface area contributed by atoms with Gasteiger partial charge < -0.3 is 20.3 Å². The molecule has 36 heavy (non-hydrogen) atoms. The van der Waals surface area contributed by atoms with E-state index in [1.54, 1.807) is 12.1 Å². The molecule has 3 aromatic rings. The van der Waals surface area contributed by atoms with Gasteiger partial charge in [-0.15, -0.1) is 13.2 Å². The molecule has 10 heteroatoms. The van der Waals surface area contributed by atoms with Crippen molar-refractivity contribution in [2.75, 3.05) is 37.4 Å². The number of rotatable bonds is 9. The van der Waals surface area contributed by atoms with Gasteiger partial charge in [0.2, 0.25) is 5.95 Å². The highest BCUT2D eigenvalue weighted by molar-refractivity contribution is 9.10. The van der Waals surface area contributed by atoms with Gasteiger partial charge in [-0.2, -0.15) is 4.98 Å². The Morgan fingerprint density at radius 2 is 1.81 bits per heavy atom. The van der Waals surface area contributed by atoms with E-state index in [4.69, 9.17) is 9.97 Å². The second-order valence-electron chi connectivity index (χ2n) is 9.40. The number of hydrogen-bond donors (Lipinski definition) is 2. The lowest BCUT2D eigenvalue weighted by atomic mass is 9.86. The van der Waals surface area contributed by atoms with Gasteiger partial charge in [-0.1, -0.05) is 34.1 Å². The molecule has 194 valence electrons. The lowest BCUT2D eigenvalue weighted by Crippen LogP contribution is -2.32. The maximum atomic E-state index is 12.7. The molecule has 0 aliphatic heterocycles. The van der Waals surface area contributed by atoms with E-state index >= 15 is 0 Å². The average Bonchev–Trinajstić information content (AvgIpc) is 2.82. The van der Waals surface area contributed by atoms with Crippen LogP contribution in [0.3, 0.4) is 0 Å². The maximum Gasteiger partial charge on any atom is 0.573 e. The lowest BCUT2D eigenvalue weighted by Gasteiger charge is -2.29. The van der Waals surface area contributed by atoms with E-state index in [2.05, 4.69) is 31.3 Å². The zero-order chi connectivity index (χ0) is 25.7. The van der Waals surface area contributed by atoms with Crippen molar-refractivity contribution in [2.24, 2.45) is 5.92 Å². The zero-order valence-electron chi connectivity index (χ0n) is 20.4. The van der Waals surface area contributed by atoms with Crippen LogP contribution in [0.15, 0.2) is 46.9 Å². The normalized spacial score (nSPS) is 18.3. The number of para-hydroxylation sites is 1. The van der Waals surface area contributed by atoms with Gasteiger partial charge in [-0.25, -0.2) is 4.98 Å². The van der Waals surface area contributed by atoms with Crippen LogP contribution in [-0.4, -0.2) is 49.6 Å². The maximum absolute atomic E-state index is 12.7. The highest BCUT2D eigenvalue weighted by atomic mass is 79.9. The van der Waals surface area contributed by atoms with Gasteiger partial charge in [-0.3, -0.25) is 0 Å². The van der Waals surface area contributed by atoms with E-state index in [1.165, 1.54) is 6.07 Å². The number of hydrogen-bond acceptors (Lipinski definition) is 6. The Morgan fingerprint density at radius 1 is 1.06 bits per heavy atom. The fourth-order valence-corrected chi connectivity index (χ4v) is 4.98. The summed E-state index contributed by atoms with van der Waals surface area (Å²) in [6, 6.07) is 13.1. The summed E-state index contributed by atoms with van der Waals surface area (Å²) in [4.78, 5) is 11.5. The van der Waals surface area contributed by atoms with Gasteiger partial charge in [0.25, 0.3) is 0 Å². The van der Waals surface area contributed by atoms with Crippen molar-refractivity contribution in [3.63, 3.8) is 0 Å². The number of ether oxygens (including phenoxy) is 1. The number of nitrogens with one attached hydrogen (secondary N) is 2. The molecule has 6 nitrogen and oxygen atoms in total. The summed E-state index contributed by atoms with van der Waals surface area (Å²) < 4.78 is 42.9. The number of alkyl halides is 3. The Labute approximate surface area is 217 Å². The number of benzene rings is 2. The summed E-state index contributed by atoms with van der Waals surface area (Å²) in [6.07, 6.45) is -0.0596. The van der Waals surface area contributed by atoms with E-state index < -0.39 is 6.36 Å². The monoisotopic (exact) mass is 565 g/mol. The molecule has 0 saturated heterocycles. The molecule has 1 aliphatic rings. The molecule has 1 aliphatic carbocycles. The van der Waals surface area contributed by atoms with Crippen LogP contribution in [0.25, 0.3) is 10.9 Å². The molecule has 0 radical (unpaired) electrons. The third-order valence-corrected chi connectivity index (χ3v) is 6.94. The topological polar surface area (TPSA) is 62.3 Å². The largest absolute Gasteiger partial charge is 0.573 e.